The van der Waals surface area contributed by atoms with Gasteiger partial charge in [-0.1, -0.05) is 54.6 Å². The molecule has 8 heteroatoms. The summed E-state index contributed by atoms with van der Waals surface area (Å²) < 4.78 is 0. The molecule has 4 N–H and O–H groups in total. The second-order valence-electron chi connectivity index (χ2n) is 9.79. The smallest absolute Gasteiger partial charge is 0.245 e. The van der Waals surface area contributed by atoms with Crippen LogP contribution in [0.1, 0.15) is 37.7 Å². The fraction of sp³-hybridized carbons (Fsp3) is 0.367. The second-order valence-corrected chi connectivity index (χ2v) is 11.1. The van der Waals surface area contributed by atoms with Gasteiger partial charge in [0.05, 0.1) is 5.69 Å². The summed E-state index contributed by atoms with van der Waals surface area (Å²) in [5.74, 6) is -0.272. The lowest BCUT2D eigenvalue weighted by Gasteiger charge is -2.25. The van der Waals surface area contributed by atoms with Crippen molar-refractivity contribution in [2.45, 2.75) is 54.7 Å². The van der Waals surface area contributed by atoms with Gasteiger partial charge in [-0.05, 0) is 54.3 Å². The fourth-order valence-electron chi connectivity index (χ4n) is 4.73. The van der Waals surface area contributed by atoms with E-state index in [1.807, 2.05) is 54.6 Å². The molecule has 0 aliphatic carbocycles. The third kappa shape index (κ3) is 7.58. The number of hydrogen-bond donors (Lipinski definition) is 3. The molecule has 0 radical (unpaired) electrons. The van der Waals surface area contributed by atoms with Crippen molar-refractivity contribution in [1.82, 2.24) is 10.2 Å². The van der Waals surface area contributed by atoms with Crippen molar-refractivity contribution in [1.29, 1.82) is 0 Å². The molecule has 38 heavy (non-hydrogen) atoms. The number of likely N-dealkylation sites (N-methyl/N-ethyl adjacent to an activating group) is 1. The van der Waals surface area contributed by atoms with Crippen molar-refractivity contribution >= 4 is 45.9 Å². The first-order chi connectivity index (χ1) is 18.4. The normalized spacial score (nSPS) is 15.7. The van der Waals surface area contributed by atoms with E-state index in [2.05, 4.69) is 22.8 Å². The van der Waals surface area contributed by atoms with Gasteiger partial charge in [0.15, 0.2) is 0 Å². The molecular weight excluding hydrogens is 496 g/mol. The third-order valence-electron chi connectivity index (χ3n) is 6.76. The van der Waals surface area contributed by atoms with E-state index in [1.165, 1.54) is 0 Å². The molecule has 1 heterocycles. The highest BCUT2D eigenvalue weighted by molar-refractivity contribution is 8.00. The van der Waals surface area contributed by atoms with Crippen LogP contribution in [0.2, 0.25) is 0 Å². The SMILES string of the molecule is CN(CCCN)C(=O)C(Cc1ccc2ccccc2c1)NC(=O)CCCC1CC(=O)Nc2ccccc2S1. The Morgan fingerprint density at radius 3 is 2.66 bits per heavy atom. The number of carbonyl (C=O) groups is 3. The van der Waals surface area contributed by atoms with Gasteiger partial charge in [0.1, 0.15) is 6.04 Å². The van der Waals surface area contributed by atoms with E-state index in [9.17, 15) is 14.4 Å². The zero-order chi connectivity index (χ0) is 26.9. The Morgan fingerprint density at radius 1 is 1.08 bits per heavy atom. The molecule has 0 spiro atoms. The fourth-order valence-corrected chi connectivity index (χ4v) is 6.01. The molecule has 3 aromatic rings. The van der Waals surface area contributed by atoms with Crippen LogP contribution < -0.4 is 16.4 Å². The van der Waals surface area contributed by atoms with Crippen LogP contribution >= 0.6 is 11.8 Å². The average Bonchev–Trinajstić information content (AvgIpc) is 3.08. The summed E-state index contributed by atoms with van der Waals surface area (Å²) in [5.41, 5.74) is 7.48. The number of nitrogens with zero attached hydrogens (tertiary/aromatic N) is 1. The number of para-hydroxylation sites is 1. The van der Waals surface area contributed by atoms with Crippen LogP contribution in [0.25, 0.3) is 10.8 Å². The quantitative estimate of drug-likeness (QED) is 0.341. The number of fused-ring (bicyclic) bond motifs is 2. The zero-order valence-electron chi connectivity index (χ0n) is 21.8. The predicted molar refractivity (Wildman–Crippen MR) is 154 cm³/mol. The van der Waals surface area contributed by atoms with Gasteiger partial charge in [-0.3, -0.25) is 14.4 Å². The van der Waals surface area contributed by atoms with Gasteiger partial charge >= 0.3 is 0 Å². The minimum Gasteiger partial charge on any atom is -0.344 e. The Kier molecular flexibility index (Phi) is 9.79. The summed E-state index contributed by atoms with van der Waals surface area (Å²) in [6, 6.07) is 21.4. The van der Waals surface area contributed by atoms with Gasteiger partial charge in [-0.2, -0.15) is 0 Å². The summed E-state index contributed by atoms with van der Waals surface area (Å²) in [5, 5.41) is 8.30. The highest BCUT2D eigenvalue weighted by Crippen LogP contribution is 2.36. The van der Waals surface area contributed by atoms with Crippen molar-refractivity contribution in [2.24, 2.45) is 5.73 Å². The first kappa shape index (κ1) is 27.7. The second kappa shape index (κ2) is 13.4. The standard InChI is InChI=1S/C30H36N4O3S/c1-34(17-7-16-31)30(37)26(19-21-14-15-22-8-2-3-9-23(22)18-21)33-28(35)13-6-10-24-20-29(36)32-25-11-4-5-12-27(25)38-24/h2-5,8-9,11-12,14-15,18,24,26H,6-7,10,13,16-17,19-20,31H2,1H3,(H,32,36)(H,33,35). The number of anilines is 1. The van der Waals surface area contributed by atoms with E-state index >= 15 is 0 Å². The molecule has 0 fully saturated rings. The summed E-state index contributed by atoms with van der Waals surface area (Å²) in [6.07, 6.45) is 3.20. The molecule has 2 atom stereocenters. The third-order valence-corrected chi connectivity index (χ3v) is 8.10. The number of thioether (sulfide) groups is 1. The minimum atomic E-state index is -0.656. The molecule has 200 valence electrons. The molecule has 2 unspecified atom stereocenters. The van der Waals surface area contributed by atoms with E-state index in [1.54, 1.807) is 23.7 Å². The molecule has 4 rings (SSSR count). The Labute approximate surface area is 228 Å². The van der Waals surface area contributed by atoms with Gasteiger partial charge in [-0.25, -0.2) is 0 Å². The summed E-state index contributed by atoms with van der Waals surface area (Å²) in [4.78, 5) is 41.3. The van der Waals surface area contributed by atoms with E-state index in [0.29, 0.717) is 45.2 Å². The monoisotopic (exact) mass is 532 g/mol. The maximum atomic E-state index is 13.3. The van der Waals surface area contributed by atoms with E-state index in [4.69, 9.17) is 5.73 Å². The number of hydrogen-bond acceptors (Lipinski definition) is 5. The largest absolute Gasteiger partial charge is 0.344 e. The molecule has 0 saturated heterocycles. The maximum Gasteiger partial charge on any atom is 0.245 e. The van der Waals surface area contributed by atoms with Crippen LogP contribution in [-0.2, 0) is 20.8 Å². The lowest BCUT2D eigenvalue weighted by Crippen LogP contribution is -2.49. The molecule has 7 nitrogen and oxygen atoms in total. The Morgan fingerprint density at radius 2 is 1.84 bits per heavy atom. The van der Waals surface area contributed by atoms with E-state index in [-0.39, 0.29) is 23.0 Å². The van der Waals surface area contributed by atoms with E-state index in [0.717, 1.165) is 33.3 Å². The zero-order valence-corrected chi connectivity index (χ0v) is 22.6. The van der Waals surface area contributed by atoms with Crippen molar-refractivity contribution in [3.05, 3.63) is 72.3 Å². The predicted octanol–water partition coefficient (Wildman–Crippen LogP) is 4.35. The van der Waals surface area contributed by atoms with Gasteiger partial charge in [0.2, 0.25) is 17.7 Å². The number of benzene rings is 3. The van der Waals surface area contributed by atoms with Crippen LogP contribution in [0.15, 0.2) is 71.6 Å². The molecular formula is C30H36N4O3S. The van der Waals surface area contributed by atoms with Gasteiger partial charge in [0.25, 0.3) is 0 Å². The number of carbonyl (C=O) groups excluding carboxylic acids is 3. The van der Waals surface area contributed by atoms with Crippen LogP contribution in [0.5, 0.6) is 0 Å². The van der Waals surface area contributed by atoms with Crippen molar-refractivity contribution in [3.8, 4) is 0 Å². The summed E-state index contributed by atoms with van der Waals surface area (Å²) in [7, 11) is 1.75. The highest BCUT2D eigenvalue weighted by Gasteiger charge is 2.25. The molecule has 3 amide bonds. The number of amides is 3. The number of nitrogens with one attached hydrogen (secondary N) is 2. The topological polar surface area (TPSA) is 105 Å². The van der Waals surface area contributed by atoms with Crippen LogP contribution in [0.4, 0.5) is 5.69 Å². The molecule has 0 bridgehead atoms. The lowest BCUT2D eigenvalue weighted by atomic mass is 10.0. The molecule has 1 aliphatic rings. The van der Waals surface area contributed by atoms with Crippen molar-refractivity contribution in [2.75, 3.05) is 25.5 Å². The minimum absolute atomic E-state index is 0.00142. The molecule has 3 aromatic carbocycles. The van der Waals surface area contributed by atoms with Crippen molar-refractivity contribution in [3.63, 3.8) is 0 Å². The summed E-state index contributed by atoms with van der Waals surface area (Å²) in [6.45, 7) is 1.04. The maximum absolute atomic E-state index is 13.3. The first-order valence-electron chi connectivity index (χ1n) is 13.2. The van der Waals surface area contributed by atoms with Crippen molar-refractivity contribution < 1.29 is 14.4 Å². The van der Waals surface area contributed by atoms with Crippen LogP contribution in [0.3, 0.4) is 0 Å². The van der Waals surface area contributed by atoms with Gasteiger partial charge in [0, 0.05) is 43.0 Å². The first-order valence-corrected chi connectivity index (χ1v) is 14.1. The number of rotatable bonds is 11. The molecule has 0 saturated carbocycles. The Hall–Kier alpha value is -3.36. The molecule has 1 aliphatic heterocycles. The lowest BCUT2D eigenvalue weighted by molar-refractivity contribution is -0.135. The van der Waals surface area contributed by atoms with E-state index < -0.39 is 6.04 Å². The van der Waals surface area contributed by atoms with Gasteiger partial charge in [-0.15, -0.1) is 11.8 Å². The van der Waals surface area contributed by atoms with Gasteiger partial charge < -0.3 is 21.3 Å². The molecule has 0 aromatic heterocycles. The average molecular weight is 533 g/mol. The highest BCUT2D eigenvalue weighted by atomic mass is 32.2. The Bertz CT molecular complexity index is 1280. The Balaban J connectivity index is 1.37. The van der Waals surface area contributed by atoms with Crippen LogP contribution in [-0.4, -0.2) is 54.1 Å². The summed E-state index contributed by atoms with van der Waals surface area (Å²) >= 11 is 1.68. The number of nitrogens with two attached hydrogens (primary N) is 1. The van der Waals surface area contributed by atoms with Crippen LogP contribution in [0, 0.1) is 0 Å².